The second-order valence-corrected chi connectivity index (χ2v) is 7.18. The van der Waals surface area contributed by atoms with E-state index in [1.165, 1.54) is 0 Å². The summed E-state index contributed by atoms with van der Waals surface area (Å²) in [4.78, 5) is 23.9. The van der Waals surface area contributed by atoms with Crippen LogP contribution in [0.25, 0.3) is 0 Å². The SMILES string of the molecule is CCCCOC(=O)N[C@@H](CC(=O)OC(C)(C)C)Cc1cc(F)c(F)cc1F. The minimum absolute atomic E-state index is 0.170. The van der Waals surface area contributed by atoms with E-state index in [-0.39, 0.29) is 25.0 Å². The first-order valence-corrected chi connectivity index (χ1v) is 8.80. The predicted molar refractivity (Wildman–Crippen MR) is 93.7 cm³/mol. The fraction of sp³-hybridized carbons (Fsp3) is 0.579. The lowest BCUT2D eigenvalue weighted by molar-refractivity contribution is -0.155. The van der Waals surface area contributed by atoms with Crippen LogP contribution in [-0.4, -0.2) is 30.3 Å². The maximum Gasteiger partial charge on any atom is 0.407 e. The molecule has 1 aromatic rings. The Morgan fingerprint density at radius 3 is 2.33 bits per heavy atom. The fourth-order valence-corrected chi connectivity index (χ4v) is 2.26. The Morgan fingerprint density at radius 2 is 1.74 bits per heavy atom. The number of carbonyl (C=O) groups excluding carboxylic acids is 2. The molecular weight excluding hydrogens is 363 g/mol. The van der Waals surface area contributed by atoms with Crippen LogP contribution in [0.4, 0.5) is 18.0 Å². The van der Waals surface area contributed by atoms with Gasteiger partial charge in [0, 0.05) is 12.1 Å². The van der Waals surface area contributed by atoms with Crippen LogP contribution in [0.15, 0.2) is 12.1 Å². The Hall–Kier alpha value is -2.25. The smallest absolute Gasteiger partial charge is 0.407 e. The number of benzene rings is 1. The van der Waals surface area contributed by atoms with Crippen LogP contribution in [0.1, 0.15) is 52.5 Å². The Balaban J connectivity index is 2.88. The summed E-state index contributed by atoms with van der Waals surface area (Å²) in [5, 5.41) is 2.46. The highest BCUT2D eigenvalue weighted by Gasteiger charge is 2.24. The third kappa shape index (κ3) is 8.79. The third-order valence-electron chi connectivity index (χ3n) is 3.44. The first kappa shape index (κ1) is 22.8. The van der Waals surface area contributed by atoms with Crippen molar-refractivity contribution in [2.45, 2.75) is 65.0 Å². The first-order chi connectivity index (χ1) is 12.5. The van der Waals surface area contributed by atoms with Crippen molar-refractivity contribution in [3.63, 3.8) is 0 Å². The third-order valence-corrected chi connectivity index (χ3v) is 3.44. The molecule has 1 aromatic carbocycles. The first-order valence-electron chi connectivity index (χ1n) is 8.80. The van der Waals surface area contributed by atoms with Crippen molar-refractivity contribution in [2.24, 2.45) is 0 Å². The molecule has 1 N–H and O–H groups in total. The van der Waals surface area contributed by atoms with Crippen LogP contribution in [-0.2, 0) is 20.7 Å². The van der Waals surface area contributed by atoms with Gasteiger partial charge in [-0.25, -0.2) is 18.0 Å². The van der Waals surface area contributed by atoms with E-state index in [0.717, 1.165) is 6.42 Å². The average molecular weight is 389 g/mol. The average Bonchev–Trinajstić information content (AvgIpc) is 2.50. The van der Waals surface area contributed by atoms with Crippen LogP contribution >= 0.6 is 0 Å². The number of alkyl carbamates (subject to hydrolysis) is 1. The molecule has 0 aromatic heterocycles. The molecular formula is C19H26F3NO4. The summed E-state index contributed by atoms with van der Waals surface area (Å²) in [6.45, 7) is 7.17. The van der Waals surface area contributed by atoms with Gasteiger partial charge >= 0.3 is 12.1 Å². The molecule has 1 atom stereocenters. The Bertz CT molecular complexity index is 659. The Labute approximate surface area is 157 Å². The van der Waals surface area contributed by atoms with E-state index in [1.807, 2.05) is 6.92 Å². The van der Waals surface area contributed by atoms with Crippen molar-refractivity contribution in [1.82, 2.24) is 5.32 Å². The summed E-state index contributed by atoms with van der Waals surface area (Å²) in [7, 11) is 0. The Kier molecular flexibility index (Phi) is 8.59. The van der Waals surface area contributed by atoms with Gasteiger partial charge in [0.25, 0.3) is 0 Å². The summed E-state index contributed by atoms with van der Waals surface area (Å²) in [6, 6.07) is 0.222. The normalized spacial score (nSPS) is 12.4. The maximum atomic E-state index is 13.9. The minimum Gasteiger partial charge on any atom is -0.460 e. The van der Waals surface area contributed by atoms with Gasteiger partial charge in [0.15, 0.2) is 11.6 Å². The Morgan fingerprint density at radius 1 is 1.11 bits per heavy atom. The van der Waals surface area contributed by atoms with Crippen molar-refractivity contribution >= 4 is 12.1 Å². The lowest BCUT2D eigenvalue weighted by Crippen LogP contribution is -2.40. The molecule has 8 heteroatoms. The van der Waals surface area contributed by atoms with Crippen molar-refractivity contribution in [1.29, 1.82) is 0 Å². The molecule has 0 radical (unpaired) electrons. The fourth-order valence-electron chi connectivity index (χ4n) is 2.26. The zero-order chi connectivity index (χ0) is 20.6. The summed E-state index contributed by atoms with van der Waals surface area (Å²) < 4.78 is 50.6. The van der Waals surface area contributed by atoms with Crippen LogP contribution in [0.2, 0.25) is 0 Å². The van der Waals surface area contributed by atoms with E-state index in [9.17, 15) is 22.8 Å². The lowest BCUT2D eigenvalue weighted by atomic mass is 10.0. The standard InChI is InChI=1S/C19H26F3NO4/c1-5-6-7-26-18(25)23-13(10-17(24)27-19(2,3)4)8-12-9-15(21)16(22)11-14(12)20/h9,11,13H,5-8,10H2,1-4H3,(H,23,25)/t13-/m1/s1. The van der Waals surface area contributed by atoms with Crippen LogP contribution in [0, 0.1) is 17.5 Å². The highest BCUT2D eigenvalue weighted by Crippen LogP contribution is 2.17. The van der Waals surface area contributed by atoms with Gasteiger partial charge in [0.05, 0.1) is 13.0 Å². The molecule has 0 bridgehead atoms. The van der Waals surface area contributed by atoms with E-state index < -0.39 is 41.2 Å². The number of unbranched alkanes of at least 4 members (excludes halogenated alkanes) is 1. The van der Waals surface area contributed by atoms with Gasteiger partial charge < -0.3 is 14.8 Å². The minimum atomic E-state index is -1.31. The molecule has 0 aliphatic carbocycles. The predicted octanol–water partition coefficient (Wildman–Crippen LogP) is 4.27. The van der Waals surface area contributed by atoms with Crippen molar-refractivity contribution in [2.75, 3.05) is 6.61 Å². The molecule has 27 heavy (non-hydrogen) atoms. The van der Waals surface area contributed by atoms with Gasteiger partial charge in [-0.1, -0.05) is 13.3 Å². The number of amides is 1. The van der Waals surface area contributed by atoms with Crippen LogP contribution in [0.5, 0.6) is 0 Å². The van der Waals surface area contributed by atoms with Gasteiger partial charge in [0.2, 0.25) is 0 Å². The number of rotatable bonds is 8. The molecule has 0 heterocycles. The van der Waals surface area contributed by atoms with Gasteiger partial charge in [-0.3, -0.25) is 4.79 Å². The zero-order valence-corrected chi connectivity index (χ0v) is 16.0. The second-order valence-electron chi connectivity index (χ2n) is 7.18. The maximum absolute atomic E-state index is 13.9. The number of hydrogen-bond donors (Lipinski definition) is 1. The molecule has 0 spiro atoms. The van der Waals surface area contributed by atoms with E-state index in [2.05, 4.69) is 5.32 Å². The highest BCUT2D eigenvalue weighted by atomic mass is 19.2. The molecule has 0 aliphatic rings. The number of ether oxygens (including phenoxy) is 2. The van der Waals surface area contributed by atoms with E-state index in [4.69, 9.17) is 9.47 Å². The van der Waals surface area contributed by atoms with Gasteiger partial charge in [-0.15, -0.1) is 0 Å². The number of carbonyl (C=O) groups is 2. The number of hydrogen-bond acceptors (Lipinski definition) is 4. The molecule has 0 unspecified atom stereocenters. The number of halogens is 3. The molecule has 1 rings (SSSR count). The van der Waals surface area contributed by atoms with E-state index >= 15 is 0 Å². The van der Waals surface area contributed by atoms with Gasteiger partial charge in [-0.2, -0.15) is 0 Å². The zero-order valence-electron chi connectivity index (χ0n) is 16.0. The lowest BCUT2D eigenvalue weighted by Gasteiger charge is -2.23. The van der Waals surface area contributed by atoms with Crippen LogP contribution in [0.3, 0.4) is 0 Å². The second kappa shape index (κ2) is 10.2. The summed E-state index contributed by atoms with van der Waals surface area (Å²) in [5.74, 6) is -4.12. The highest BCUT2D eigenvalue weighted by molar-refractivity contribution is 5.73. The van der Waals surface area contributed by atoms with Crippen molar-refractivity contribution in [3.05, 3.63) is 35.1 Å². The molecule has 0 aliphatic heterocycles. The van der Waals surface area contributed by atoms with Gasteiger partial charge in [0.1, 0.15) is 11.4 Å². The quantitative estimate of drug-likeness (QED) is 0.410. The monoisotopic (exact) mass is 389 g/mol. The van der Waals surface area contributed by atoms with E-state index in [1.54, 1.807) is 20.8 Å². The topological polar surface area (TPSA) is 64.6 Å². The summed E-state index contributed by atoms with van der Waals surface area (Å²) in [6.07, 6.45) is 0.209. The molecule has 0 saturated heterocycles. The van der Waals surface area contributed by atoms with Crippen molar-refractivity contribution < 1.29 is 32.2 Å². The molecule has 5 nitrogen and oxygen atoms in total. The molecule has 152 valence electrons. The van der Waals surface area contributed by atoms with Gasteiger partial charge in [-0.05, 0) is 45.2 Å². The summed E-state index contributed by atoms with van der Waals surface area (Å²) in [5.41, 5.74) is -0.910. The van der Waals surface area contributed by atoms with E-state index in [0.29, 0.717) is 18.6 Å². The number of esters is 1. The molecule has 0 saturated carbocycles. The van der Waals surface area contributed by atoms with Crippen LogP contribution < -0.4 is 5.32 Å². The number of nitrogens with one attached hydrogen (secondary N) is 1. The molecule has 1 amide bonds. The largest absolute Gasteiger partial charge is 0.460 e. The van der Waals surface area contributed by atoms with Crippen molar-refractivity contribution in [3.8, 4) is 0 Å². The summed E-state index contributed by atoms with van der Waals surface area (Å²) >= 11 is 0. The molecule has 0 fully saturated rings.